The molecule has 1 aliphatic rings. The van der Waals surface area contributed by atoms with Crippen LogP contribution in [-0.4, -0.2) is 37.6 Å². The number of carbonyl (C=O) groups is 1. The number of hydrogen-bond donors (Lipinski definition) is 0. The summed E-state index contributed by atoms with van der Waals surface area (Å²) >= 11 is 0. The lowest BCUT2D eigenvalue weighted by Gasteiger charge is -2.22. The van der Waals surface area contributed by atoms with E-state index in [-0.39, 0.29) is 11.9 Å². The van der Waals surface area contributed by atoms with Gasteiger partial charge in [-0.25, -0.2) is 0 Å². The third-order valence-corrected chi connectivity index (χ3v) is 4.46. The molecule has 0 radical (unpaired) electrons. The molecule has 0 aromatic carbocycles. The van der Waals surface area contributed by atoms with Crippen molar-refractivity contribution in [3.63, 3.8) is 0 Å². The monoisotopic (exact) mass is 353 g/mol. The van der Waals surface area contributed by atoms with E-state index in [1.165, 1.54) is 0 Å². The maximum atomic E-state index is 12.6. The van der Waals surface area contributed by atoms with Crippen LogP contribution in [0.25, 0.3) is 11.5 Å². The van der Waals surface area contributed by atoms with Gasteiger partial charge in [-0.05, 0) is 31.9 Å². The van der Waals surface area contributed by atoms with Gasteiger partial charge in [0, 0.05) is 31.6 Å². The van der Waals surface area contributed by atoms with Crippen molar-refractivity contribution in [2.24, 2.45) is 0 Å². The van der Waals surface area contributed by atoms with Crippen molar-refractivity contribution in [3.05, 3.63) is 47.8 Å². The molecule has 1 aliphatic heterocycles. The molecule has 1 saturated heterocycles. The number of carbonyl (C=O) groups excluding carboxylic acids is 1. The van der Waals surface area contributed by atoms with Crippen molar-refractivity contribution < 1.29 is 13.8 Å². The molecular formula is C18H19N5O3. The summed E-state index contributed by atoms with van der Waals surface area (Å²) in [6.45, 7) is 2.61. The molecule has 4 rings (SSSR count). The zero-order valence-corrected chi connectivity index (χ0v) is 14.5. The van der Waals surface area contributed by atoms with E-state index in [4.69, 9.17) is 9.05 Å². The van der Waals surface area contributed by atoms with Gasteiger partial charge < -0.3 is 13.9 Å². The van der Waals surface area contributed by atoms with Gasteiger partial charge in [0.05, 0.1) is 11.7 Å². The molecule has 0 bridgehead atoms. The second kappa shape index (κ2) is 7.07. The third kappa shape index (κ3) is 3.35. The maximum Gasteiger partial charge on any atom is 0.227 e. The van der Waals surface area contributed by atoms with E-state index < -0.39 is 0 Å². The quantitative estimate of drug-likeness (QED) is 0.695. The lowest BCUT2D eigenvalue weighted by atomic mass is 10.1. The van der Waals surface area contributed by atoms with Gasteiger partial charge in [-0.15, -0.1) is 0 Å². The van der Waals surface area contributed by atoms with Gasteiger partial charge in [0.1, 0.15) is 5.69 Å². The Labute approximate surface area is 150 Å². The van der Waals surface area contributed by atoms with Gasteiger partial charge in [0.2, 0.25) is 17.6 Å². The maximum absolute atomic E-state index is 12.6. The Bertz CT molecular complexity index is 889. The van der Waals surface area contributed by atoms with E-state index >= 15 is 0 Å². The second-order valence-electron chi connectivity index (χ2n) is 6.34. The molecule has 0 spiro atoms. The van der Waals surface area contributed by atoms with Crippen molar-refractivity contribution in [3.8, 4) is 11.5 Å². The summed E-state index contributed by atoms with van der Waals surface area (Å²) in [5.74, 6) is 1.68. The number of rotatable bonds is 5. The van der Waals surface area contributed by atoms with Crippen molar-refractivity contribution in [1.29, 1.82) is 0 Å². The minimum absolute atomic E-state index is 0.0320. The molecule has 0 aliphatic carbocycles. The van der Waals surface area contributed by atoms with E-state index in [2.05, 4.69) is 20.3 Å². The van der Waals surface area contributed by atoms with E-state index in [1.54, 1.807) is 6.20 Å². The Morgan fingerprint density at radius 1 is 1.31 bits per heavy atom. The average Bonchev–Trinajstić information content (AvgIpc) is 3.40. The van der Waals surface area contributed by atoms with Gasteiger partial charge in [-0.1, -0.05) is 16.4 Å². The van der Waals surface area contributed by atoms with E-state index in [1.807, 2.05) is 36.1 Å². The number of aryl methyl sites for hydroxylation is 2. The molecule has 3 aromatic heterocycles. The van der Waals surface area contributed by atoms with Crippen LogP contribution in [0, 0.1) is 6.92 Å². The molecule has 0 N–H and O–H groups in total. The van der Waals surface area contributed by atoms with Gasteiger partial charge in [0.15, 0.2) is 5.76 Å². The van der Waals surface area contributed by atoms with E-state index in [0.717, 1.165) is 30.8 Å². The fourth-order valence-electron chi connectivity index (χ4n) is 3.21. The highest BCUT2D eigenvalue weighted by Crippen LogP contribution is 2.32. The molecule has 3 aromatic rings. The molecule has 1 fully saturated rings. The lowest BCUT2D eigenvalue weighted by molar-refractivity contribution is -0.132. The van der Waals surface area contributed by atoms with Gasteiger partial charge in [-0.2, -0.15) is 4.98 Å². The smallest absolute Gasteiger partial charge is 0.227 e. The largest absolute Gasteiger partial charge is 0.359 e. The topological polar surface area (TPSA) is 98.2 Å². The molecule has 134 valence electrons. The lowest BCUT2D eigenvalue weighted by Crippen LogP contribution is -2.30. The molecule has 1 atom stereocenters. The second-order valence-corrected chi connectivity index (χ2v) is 6.34. The minimum Gasteiger partial charge on any atom is -0.359 e. The predicted molar refractivity (Wildman–Crippen MR) is 90.8 cm³/mol. The highest BCUT2D eigenvalue weighted by atomic mass is 16.5. The molecule has 0 saturated carbocycles. The molecule has 8 heteroatoms. The van der Waals surface area contributed by atoms with Crippen LogP contribution in [-0.2, 0) is 11.2 Å². The minimum atomic E-state index is -0.0320. The summed E-state index contributed by atoms with van der Waals surface area (Å²) in [6, 6.07) is 7.36. The fourth-order valence-corrected chi connectivity index (χ4v) is 3.21. The Morgan fingerprint density at radius 2 is 2.23 bits per heavy atom. The number of pyridine rings is 1. The number of nitrogens with zero attached hydrogens (tertiary/aromatic N) is 5. The standard InChI is InChI=1S/C18H19N5O3/c1-12-11-15(25-21-12)14-6-4-10-23(14)17(24)8-7-16-20-18(22-26-16)13-5-2-3-9-19-13/h2-3,5,9,11,14H,4,6-8,10H2,1H3/t14-/m0/s1. The summed E-state index contributed by atoms with van der Waals surface area (Å²) < 4.78 is 10.6. The van der Waals surface area contributed by atoms with E-state index in [0.29, 0.717) is 30.3 Å². The van der Waals surface area contributed by atoms with E-state index in [9.17, 15) is 4.79 Å². The fraction of sp³-hybridized carbons (Fsp3) is 0.389. The van der Waals surface area contributed by atoms with Crippen molar-refractivity contribution in [1.82, 2.24) is 25.2 Å². The average molecular weight is 353 g/mol. The number of hydrogen-bond acceptors (Lipinski definition) is 7. The first-order chi connectivity index (χ1) is 12.7. The normalized spacial score (nSPS) is 17.0. The number of aromatic nitrogens is 4. The summed E-state index contributed by atoms with van der Waals surface area (Å²) in [4.78, 5) is 23.0. The molecular weight excluding hydrogens is 334 g/mol. The van der Waals surface area contributed by atoms with Crippen LogP contribution >= 0.6 is 0 Å². The van der Waals surface area contributed by atoms with Crippen LogP contribution in [0.4, 0.5) is 0 Å². The Kier molecular flexibility index (Phi) is 4.47. The molecule has 26 heavy (non-hydrogen) atoms. The van der Waals surface area contributed by atoms with Crippen molar-refractivity contribution in [2.75, 3.05) is 6.54 Å². The van der Waals surface area contributed by atoms with Crippen LogP contribution in [0.1, 0.15) is 42.6 Å². The first kappa shape index (κ1) is 16.4. The van der Waals surface area contributed by atoms with Crippen molar-refractivity contribution >= 4 is 5.91 Å². The van der Waals surface area contributed by atoms with Gasteiger partial charge in [-0.3, -0.25) is 9.78 Å². The highest BCUT2D eigenvalue weighted by Gasteiger charge is 2.32. The summed E-state index contributed by atoms with van der Waals surface area (Å²) in [5, 5.41) is 7.86. The Morgan fingerprint density at radius 3 is 3.00 bits per heavy atom. The molecule has 4 heterocycles. The SMILES string of the molecule is Cc1cc([C@@H]2CCCN2C(=O)CCc2nc(-c3ccccn3)no2)on1. The van der Waals surface area contributed by atoms with Gasteiger partial charge >= 0.3 is 0 Å². The summed E-state index contributed by atoms with van der Waals surface area (Å²) in [6.07, 6.45) is 4.24. The molecule has 8 nitrogen and oxygen atoms in total. The third-order valence-electron chi connectivity index (χ3n) is 4.46. The van der Waals surface area contributed by atoms with Crippen molar-refractivity contribution in [2.45, 2.75) is 38.6 Å². The van der Waals surface area contributed by atoms with Crippen LogP contribution in [0.3, 0.4) is 0 Å². The number of likely N-dealkylation sites (tertiary alicyclic amines) is 1. The van der Waals surface area contributed by atoms with Crippen LogP contribution in [0.2, 0.25) is 0 Å². The summed E-state index contributed by atoms with van der Waals surface area (Å²) in [7, 11) is 0. The highest BCUT2D eigenvalue weighted by molar-refractivity contribution is 5.77. The first-order valence-electron chi connectivity index (χ1n) is 8.67. The van der Waals surface area contributed by atoms with Gasteiger partial charge in [0.25, 0.3) is 0 Å². The van der Waals surface area contributed by atoms with Crippen LogP contribution < -0.4 is 0 Å². The summed E-state index contributed by atoms with van der Waals surface area (Å²) in [5.41, 5.74) is 1.47. The van der Waals surface area contributed by atoms with Crippen LogP contribution in [0.5, 0.6) is 0 Å². The number of amides is 1. The van der Waals surface area contributed by atoms with Crippen LogP contribution in [0.15, 0.2) is 39.5 Å². The molecule has 1 amide bonds. The first-order valence-corrected chi connectivity index (χ1v) is 8.67. The zero-order valence-electron chi connectivity index (χ0n) is 14.5. The Hall–Kier alpha value is -3.03. The molecule has 0 unspecified atom stereocenters. The Balaban J connectivity index is 1.39. The predicted octanol–water partition coefficient (Wildman–Crippen LogP) is 2.72. The zero-order chi connectivity index (χ0) is 17.9.